The molecule has 2 N–H and O–H groups in total. The summed E-state index contributed by atoms with van der Waals surface area (Å²) in [5, 5.41) is 0. The summed E-state index contributed by atoms with van der Waals surface area (Å²) >= 11 is 0. The van der Waals surface area contributed by atoms with Gasteiger partial charge < -0.3 is 5.73 Å². The van der Waals surface area contributed by atoms with Crippen LogP contribution in [-0.4, -0.2) is 0 Å². The van der Waals surface area contributed by atoms with Crippen LogP contribution in [0.15, 0.2) is 48.7 Å². The molecule has 0 heterocycles. The van der Waals surface area contributed by atoms with Gasteiger partial charge in [0.2, 0.25) is 0 Å². The largest absolute Gasteiger partial charge is 0.399 e. The average Bonchev–Trinajstić information content (AvgIpc) is 2.05. The molecule has 0 saturated heterocycles. The maximum absolute atomic E-state index is 5.60. The molecule has 0 aromatic carbocycles. The van der Waals surface area contributed by atoms with Gasteiger partial charge in [0.15, 0.2) is 0 Å². The van der Waals surface area contributed by atoms with Crippen LogP contribution in [0.2, 0.25) is 0 Å². The van der Waals surface area contributed by atoms with Crippen molar-refractivity contribution in [1.29, 1.82) is 0 Å². The lowest BCUT2D eigenvalue weighted by Crippen LogP contribution is -1.90. The Labute approximate surface area is 75.0 Å². The third-order valence-corrected chi connectivity index (χ3v) is 1.32. The summed E-state index contributed by atoms with van der Waals surface area (Å²) in [6.07, 6.45) is 13.7. The van der Waals surface area contributed by atoms with Crippen molar-refractivity contribution < 1.29 is 0 Å². The molecular weight excluding hydrogens is 146 g/mol. The molecule has 0 aliphatic heterocycles. The fourth-order valence-electron chi connectivity index (χ4n) is 0.737. The van der Waals surface area contributed by atoms with Crippen molar-refractivity contribution in [3.8, 4) is 0 Å². The zero-order valence-corrected chi connectivity index (χ0v) is 7.66. The second-order valence-electron chi connectivity index (χ2n) is 2.46. The highest BCUT2D eigenvalue weighted by molar-refractivity contribution is 5.19. The summed E-state index contributed by atoms with van der Waals surface area (Å²) in [4.78, 5) is 0. The van der Waals surface area contributed by atoms with Gasteiger partial charge in [-0.05, 0) is 31.9 Å². The van der Waals surface area contributed by atoms with Crippen LogP contribution in [0.1, 0.15) is 19.8 Å². The first-order valence-electron chi connectivity index (χ1n) is 4.17. The Balaban J connectivity index is 3.70. The molecule has 0 spiro atoms. The van der Waals surface area contributed by atoms with Crippen molar-refractivity contribution in [1.82, 2.24) is 0 Å². The van der Waals surface area contributed by atoms with E-state index >= 15 is 0 Å². The van der Waals surface area contributed by atoms with Crippen molar-refractivity contribution in [3.63, 3.8) is 0 Å². The molecule has 0 aliphatic rings. The van der Waals surface area contributed by atoms with E-state index < -0.39 is 0 Å². The topological polar surface area (TPSA) is 26.0 Å². The van der Waals surface area contributed by atoms with Crippen LogP contribution in [0.4, 0.5) is 0 Å². The quantitative estimate of drug-likeness (QED) is 0.376. The van der Waals surface area contributed by atoms with E-state index in [1.165, 1.54) is 0 Å². The van der Waals surface area contributed by atoms with Crippen molar-refractivity contribution >= 4 is 0 Å². The highest BCUT2D eigenvalue weighted by Gasteiger charge is 1.76. The van der Waals surface area contributed by atoms with E-state index in [-0.39, 0.29) is 0 Å². The molecule has 66 valence electrons. The molecule has 12 heavy (non-hydrogen) atoms. The van der Waals surface area contributed by atoms with Crippen molar-refractivity contribution in [3.05, 3.63) is 48.7 Å². The maximum atomic E-state index is 5.60. The third-order valence-electron chi connectivity index (χ3n) is 1.32. The molecule has 1 heteroatoms. The smallest absolute Gasteiger partial charge is 0.0310 e. The second kappa shape index (κ2) is 7.86. The third kappa shape index (κ3) is 6.87. The summed E-state index contributed by atoms with van der Waals surface area (Å²) in [5.74, 6) is 0. The van der Waals surface area contributed by atoms with Gasteiger partial charge in [-0.15, -0.1) is 6.58 Å². The zero-order chi connectivity index (χ0) is 9.23. The second-order valence-corrected chi connectivity index (χ2v) is 2.46. The molecule has 0 unspecified atom stereocenters. The lowest BCUT2D eigenvalue weighted by molar-refractivity contribution is 1.06. The Bertz CT molecular complexity index is 197. The number of allylic oxidation sites excluding steroid dienone is 6. The molecule has 0 amide bonds. The van der Waals surface area contributed by atoms with Crippen LogP contribution >= 0.6 is 0 Å². The highest BCUT2D eigenvalue weighted by Crippen LogP contribution is 1.93. The minimum Gasteiger partial charge on any atom is -0.399 e. The summed E-state index contributed by atoms with van der Waals surface area (Å²) in [6.45, 7) is 5.58. The molecule has 0 aromatic rings. The van der Waals surface area contributed by atoms with E-state index in [9.17, 15) is 0 Å². The summed E-state index contributed by atoms with van der Waals surface area (Å²) in [6, 6.07) is 0. The fourth-order valence-corrected chi connectivity index (χ4v) is 0.737. The summed E-state index contributed by atoms with van der Waals surface area (Å²) in [7, 11) is 0. The first kappa shape index (κ1) is 10.8. The van der Waals surface area contributed by atoms with E-state index in [1.54, 1.807) is 0 Å². The lowest BCUT2D eigenvalue weighted by atomic mass is 10.2. The van der Waals surface area contributed by atoms with E-state index in [0.29, 0.717) is 0 Å². The van der Waals surface area contributed by atoms with E-state index in [1.807, 2.05) is 37.3 Å². The fraction of sp³-hybridized carbons (Fsp3) is 0.273. The molecule has 0 atom stereocenters. The number of nitrogens with two attached hydrogens (primary N) is 1. The zero-order valence-electron chi connectivity index (χ0n) is 7.66. The predicted molar refractivity (Wildman–Crippen MR) is 55.7 cm³/mol. The molecule has 1 nitrogen and oxygen atoms in total. The molecule has 0 radical (unpaired) electrons. The standard InChI is InChI=1S/C11H17N/c1-3-5-6-7-8-10-11(12)9-4-2/h3-4,7-10H,1,5-6,12H2,2H3/b8-7-,9-4+,11-10-. The summed E-state index contributed by atoms with van der Waals surface area (Å²) in [5.41, 5.74) is 6.39. The van der Waals surface area contributed by atoms with Gasteiger partial charge in [-0.25, -0.2) is 0 Å². The minimum absolute atomic E-state index is 0.785. The maximum Gasteiger partial charge on any atom is 0.0310 e. The summed E-state index contributed by atoms with van der Waals surface area (Å²) < 4.78 is 0. The van der Waals surface area contributed by atoms with Crippen LogP contribution in [-0.2, 0) is 0 Å². The number of hydrogen-bond donors (Lipinski definition) is 1. The number of hydrogen-bond acceptors (Lipinski definition) is 1. The Morgan fingerprint density at radius 3 is 2.75 bits per heavy atom. The molecule has 0 bridgehead atoms. The average molecular weight is 163 g/mol. The minimum atomic E-state index is 0.785. The molecule has 0 aromatic heterocycles. The van der Waals surface area contributed by atoms with Crippen LogP contribution in [0.25, 0.3) is 0 Å². The van der Waals surface area contributed by atoms with E-state index in [0.717, 1.165) is 18.5 Å². The normalized spacial score (nSPS) is 12.9. The molecule has 0 fully saturated rings. The van der Waals surface area contributed by atoms with Crippen LogP contribution in [0.3, 0.4) is 0 Å². The van der Waals surface area contributed by atoms with Crippen molar-refractivity contribution in [2.75, 3.05) is 0 Å². The van der Waals surface area contributed by atoms with Crippen molar-refractivity contribution in [2.45, 2.75) is 19.8 Å². The number of unbranched alkanes of at least 4 members (excludes halogenated alkanes) is 1. The van der Waals surface area contributed by atoms with Gasteiger partial charge in [-0.1, -0.05) is 24.3 Å². The van der Waals surface area contributed by atoms with Gasteiger partial charge in [-0.3, -0.25) is 0 Å². The number of rotatable bonds is 5. The Hall–Kier alpha value is -1.24. The lowest BCUT2D eigenvalue weighted by Gasteiger charge is -1.87. The van der Waals surface area contributed by atoms with Crippen molar-refractivity contribution in [2.24, 2.45) is 5.73 Å². The van der Waals surface area contributed by atoms with Gasteiger partial charge in [0.05, 0.1) is 0 Å². The molecule has 0 saturated carbocycles. The molecule has 0 rings (SSSR count). The Morgan fingerprint density at radius 1 is 1.42 bits per heavy atom. The first-order valence-corrected chi connectivity index (χ1v) is 4.17. The van der Waals surface area contributed by atoms with Crippen LogP contribution in [0, 0.1) is 0 Å². The molecule has 0 aliphatic carbocycles. The highest BCUT2D eigenvalue weighted by atomic mass is 14.5. The Kier molecular flexibility index (Phi) is 7.05. The van der Waals surface area contributed by atoms with Gasteiger partial charge in [0, 0.05) is 5.70 Å². The Morgan fingerprint density at radius 2 is 2.17 bits per heavy atom. The van der Waals surface area contributed by atoms with Gasteiger partial charge >= 0.3 is 0 Å². The van der Waals surface area contributed by atoms with E-state index in [4.69, 9.17) is 5.73 Å². The van der Waals surface area contributed by atoms with Gasteiger partial charge in [-0.2, -0.15) is 0 Å². The molecular formula is C11H17N. The SMILES string of the molecule is C=CCC\C=C/C=C(N)/C=C/C. The first-order chi connectivity index (χ1) is 5.81. The van der Waals surface area contributed by atoms with Gasteiger partial charge in [0.1, 0.15) is 0 Å². The van der Waals surface area contributed by atoms with Gasteiger partial charge in [0.25, 0.3) is 0 Å². The monoisotopic (exact) mass is 163 g/mol. The van der Waals surface area contributed by atoms with Crippen LogP contribution in [0.5, 0.6) is 0 Å². The van der Waals surface area contributed by atoms with E-state index in [2.05, 4.69) is 12.7 Å². The predicted octanol–water partition coefficient (Wildman–Crippen LogP) is 2.93. The van der Waals surface area contributed by atoms with Crippen LogP contribution < -0.4 is 5.73 Å².